The van der Waals surface area contributed by atoms with Crippen molar-refractivity contribution < 1.29 is 18.3 Å². The van der Waals surface area contributed by atoms with Crippen molar-refractivity contribution in [1.82, 2.24) is 4.98 Å². The van der Waals surface area contributed by atoms with Crippen molar-refractivity contribution in [2.45, 2.75) is 0 Å². The van der Waals surface area contributed by atoms with Crippen molar-refractivity contribution in [2.75, 3.05) is 0 Å². The molecule has 0 saturated heterocycles. The topological polar surface area (TPSA) is 69.4 Å². The van der Waals surface area contributed by atoms with Crippen LogP contribution >= 0.6 is 11.3 Å². The first-order chi connectivity index (χ1) is 15.6. The summed E-state index contributed by atoms with van der Waals surface area (Å²) in [6, 6.07) is 21.2. The normalized spacial score (nSPS) is 10.9. The van der Waals surface area contributed by atoms with Crippen LogP contribution in [0.5, 0.6) is 5.75 Å². The van der Waals surface area contributed by atoms with Gasteiger partial charge in [0, 0.05) is 22.4 Å². The quantitative estimate of drug-likeness (QED) is 0.195. The SMILES string of the molecule is O=C(Oc1ccc2cc(-c3nc(-c4ccccc4)cs3)c(=O)oc2c1)c1ccc(F)cc1. The monoisotopic (exact) mass is 443 g/mol. The fourth-order valence-corrected chi connectivity index (χ4v) is 4.03. The van der Waals surface area contributed by atoms with Crippen LogP contribution in [0.15, 0.2) is 93.5 Å². The molecule has 0 fully saturated rings. The second-order valence-corrected chi connectivity index (χ2v) is 7.81. The van der Waals surface area contributed by atoms with E-state index >= 15 is 0 Å². The minimum atomic E-state index is -0.639. The number of benzene rings is 3. The Hall–Kier alpha value is -4.10. The molecule has 2 heterocycles. The van der Waals surface area contributed by atoms with Crippen LogP contribution in [0.2, 0.25) is 0 Å². The Morgan fingerprint density at radius 2 is 1.75 bits per heavy atom. The number of esters is 1. The Morgan fingerprint density at radius 3 is 2.53 bits per heavy atom. The van der Waals surface area contributed by atoms with Crippen molar-refractivity contribution >= 4 is 28.3 Å². The maximum Gasteiger partial charge on any atom is 0.346 e. The maximum atomic E-state index is 13.0. The van der Waals surface area contributed by atoms with E-state index in [-0.39, 0.29) is 16.9 Å². The summed E-state index contributed by atoms with van der Waals surface area (Å²) in [5.41, 5.74) is 2.07. The van der Waals surface area contributed by atoms with Crippen LogP contribution < -0.4 is 10.4 Å². The molecule has 32 heavy (non-hydrogen) atoms. The van der Waals surface area contributed by atoms with Gasteiger partial charge in [-0.15, -0.1) is 11.3 Å². The predicted octanol–water partition coefficient (Wildman–Crippen LogP) is 5.94. The van der Waals surface area contributed by atoms with E-state index in [1.54, 1.807) is 18.2 Å². The van der Waals surface area contributed by atoms with Gasteiger partial charge in [0.15, 0.2) is 0 Å². The zero-order chi connectivity index (χ0) is 22.1. The summed E-state index contributed by atoms with van der Waals surface area (Å²) in [4.78, 5) is 29.4. The third kappa shape index (κ3) is 3.93. The smallest absolute Gasteiger partial charge is 0.346 e. The van der Waals surface area contributed by atoms with Crippen molar-refractivity contribution in [3.63, 3.8) is 0 Å². The standard InChI is InChI=1S/C25H14FNO4S/c26-18-9-6-16(7-10-18)24(28)30-19-11-8-17-12-20(25(29)31-22(17)13-19)23-27-21(14-32-23)15-4-2-1-3-5-15/h1-14H. The molecule has 3 aromatic carbocycles. The Bertz CT molecular complexity index is 1490. The first-order valence-corrected chi connectivity index (χ1v) is 10.5. The van der Waals surface area contributed by atoms with Crippen LogP contribution in [0, 0.1) is 5.82 Å². The number of hydrogen-bond acceptors (Lipinski definition) is 6. The number of halogens is 1. The van der Waals surface area contributed by atoms with E-state index in [9.17, 15) is 14.0 Å². The average Bonchev–Trinajstić information content (AvgIpc) is 3.29. The van der Waals surface area contributed by atoms with Crippen LogP contribution in [-0.4, -0.2) is 11.0 Å². The summed E-state index contributed by atoms with van der Waals surface area (Å²) in [6.45, 7) is 0. The molecule has 0 aliphatic rings. The molecule has 0 radical (unpaired) electrons. The molecular weight excluding hydrogens is 429 g/mol. The van der Waals surface area contributed by atoms with Gasteiger partial charge in [-0.25, -0.2) is 19.0 Å². The van der Waals surface area contributed by atoms with Crippen LogP contribution in [0.4, 0.5) is 4.39 Å². The molecule has 2 aromatic heterocycles. The van der Waals surface area contributed by atoms with Crippen LogP contribution in [0.25, 0.3) is 32.8 Å². The molecular formula is C25H14FNO4S. The summed E-state index contributed by atoms with van der Waals surface area (Å²) in [6.07, 6.45) is 0. The highest BCUT2D eigenvalue weighted by atomic mass is 32.1. The van der Waals surface area contributed by atoms with Crippen LogP contribution in [0.1, 0.15) is 10.4 Å². The average molecular weight is 443 g/mol. The second kappa shape index (κ2) is 8.20. The summed E-state index contributed by atoms with van der Waals surface area (Å²) in [5.74, 6) is -0.871. The van der Waals surface area contributed by atoms with Gasteiger partial charge in [0.25, 0.3) is 0 Å². The molecule has 0 aliphatic carbocycles. The lowest BCUT2D eigenvalue weighted by atomic mass is 10.1. The van der Waals surface area contributed by atoms with Gasteiger partial charge in [0.05, 0.1) is 16.8 Å². The van der Waals surface area contributed by atoms with E-state index in [0.29, 0.717) is 16.0 Å². The van der Waals surface area contributed by atoms with Gasteiger partial charge >= 0.3 is 11.6 Å². The van der Waals surface area contributed by atoms with Gasteiger partial charge in [-0.1, -0.05) is 30.3 Å². The predicted molar refractivity (Wildman–Crippen MR) is 120 cm³/mol. The minimum absolute atomic E-state index is 0.210. The molecule has 0 amide bonds. The number of carbonyl (C=O) groups is 1. The fraction of sp³-hybridized carbons (Fsp3) is 0. The van der Waals surface area contributed by atoms with Gasteiger partial charge in [0.1, 0.15) is 22.2 Å². The number of nitrogens with zero attached hydrogens (tertiary/aromatic N) is 1. The minimum Gasteiger partial charge on any atom is -0.423 e. The number of hydrogen-bond donors (Lipinski definition) is 0. The Balaban J connectivity index is 1.44. The summed E-state index contributed by atoms with van der Waals surface area (Å²) < 4.78 is 23.8. The molecule has 5 aromatic rings. The Morgan fingerprint density at radius 1 is 0.969 bits per heavy atom. The number of fused-ring (bicyclic) bond motifs is 1. The summed E-state index contributed by atoms with van der Waals surface area (Å²) in [7, 11) is 0. The zero-order valence-corrected chi connectivity index (χ0v) is 17.3. The van der Waals surface area contributed by atoms with Crippen molar-refractivity contribution in [3.05, 3.63) is 106 Å². The van der Waals surface area contributed by atoms with E-state index in [1.165, 1.54) is 41.7 Å². The lowest BCUT2D eigenvalue weighted by Crippen LogP contribution is -2.08. The molecule has 156 valence electrons. The molecule has 0 atom stereocenters. The molecule has 0 bridgehead atoms. The Labute approximate surface area is 185 Å². The van der Waals surface area contributed by atoms with E-state index in [4.69, 9.17) is 9.15 Å². The molecule has 5 rings (SSSR count). The van der Waals surface area contributed by atoms with Crippen molar-refractivity contribution in [3.8, 4) is 27.6 Å². The van der Waals surface area contributed by atoms with Gasteiger partial charge in [-0.05, 0) is 42.5 Å². The first kappa shape index (κ1) is 19.8. The lowest BCUT2D eigenvalue weighted by molar-refractivity contribution is 0.0735. The number of ether oxygens (including phenoxy) is 1. The highest BCUT2D eigenvalue weighted by molar-refractivity contribution is 7.13. The van der Waals surface area contributed by atoms with E-state index in [0.717, 1.165) is 11.3 Å². The van der Waals surface area contributed by atoms with Crippen molar-refractivity contribution in [2.24, 2.45) is 0 Å². The first-order valence-electron chi connectivity index (χ1n) is 9.64. The highest BCUT2D eigenvalue weighted by Gasteiger charge is 2.14. The maximum absolute atomic E-state index is 13.0. The highest BCUT2D eigenvalue weighted by Crippen LogP contribution is 2.29. The molecule has 0 unspecified atom stereocenters. The van der Waals surface area contributed by atoms with E-state index in [1.807, 2.05) is 35.7 Å². The third-order valence-electron chi connectivity index (χ3n) is 4.80. The van der Waals surface area contributed by atoms with Crippen LogP contribution in [-0.2, 0) is 0 Å². The molecule has 5 nitrogen and oxygen atoms in total. The summed E-state index contributed by atoms with van der Waals surface area (Å²) >= 11 is 1.36. The second-order valence-electron chi connectivity index (χ2n) is 6.95. The largest absolute Gasteiger partial charge is 0.423 e. The van der Waals surface area contributed by atoms with Crippen molar-refractivity contribution in [1.29, 1.82) is 0 Å². The third-order valence-corrected chi connectivity index (χ3v) is 5.68. The molecule has 0 aliphatic heterocycles. The molecule has 0 saturated carbocycles. The molecule has 0 spiro atoms. The van der Waals surface area contributed by atoms with Gasteiger partial charge in [-0.2, -0.15) is 0 Å². The van der Waals surface area contributed by atoms with E-state index in [2.05, 4.69) is 4.98 Å². The fourth-order valence-electron chi connectivity index (χ4n) is 3.20. The number of carbonyl (C=O) groups excluding carboxylic acids is 1. The number of aromatic nitrogens is 1. The van der Waals surface area contributed by atoms with E-state index < -0.39 is 17.4 Å². The lowest BCUT2D eigenvalue weighted by Gasteiger charge is -2.06. The van der Waals surface area contributed by atoms with Gasteiger partial charge in [0.2, 0.25) is 0 Å². The molecule has 7 heteroatoms. The summed E-state index contributed by atoms with van der Waals surface area (Å²) in [5, 5.41) is 3.12. The van der Waals surface area contributed by atoms with Gasteiger partial charge < -0.3 is 9.15 Å². The molecule has 0 N–H and O–H groups in total. The van der Waals surface area contributed by atoms with Crippen LogP contribution in [0.3, 0.4) is 0 Å². The zero-order valence-electron chi connectivity index (χ0n) is 16.4. The number of rotatable bonds is 4. The van der Waals surface area contributed by atoms with Gasteiger partial charge in [-0.3, -0.25) is 0 Å². The Kier molecular flexibility index (Phi) is 5.09. The number of thiazole rings is 1.